The van der Waals surface area contributed by atoms with Crippen LogP contribution in [0.2, 0.25) is 10.0 Å². The summed E-state index contributed by atoms with van der Waals surface area (Å²) >= 11 is 13.2. The van der Waals surface area contributed by atoms with Crippen LogP contribution in [-0.4, -0.2) is 16.3 Å². The number of halogens is 2. The standard InChI is InChI=1S/C15H12Cl2O2S/c16-11-7-6-10(13(17)9-11)8-14(15(18)19)20-12-4-2-1-3-5-12/h1-7,9,14H,8H2,(H,18,19)/t14-/m0/s1. The zero-order valence-electron chi connectivity index (χ0n) is 10.4. The Kier molecular flexibility index (Phi) is 5.35. The summed E-state index contributed by atoms with van der Waals surface area (Å²) in [6.45, 7) is 0. The molecule has 2 aromatic rings. The molecule has 2 rings (SSSR count). The Morgan fingerprint density at radius 3 is 2.45 bits per heavy atom. The number of benzene rings is 2. The average Bonchev–Trinajstić information content (AvgIpc) is 2.42. The van der Waals surface area contributed by atoms with E-state index in [0.717, 1.165) is 10.5 Å². The molecule has 0 fully saturated rings. The minimum atomic E-state index is -0.857. The van der Waals surface area contributed by atoms with Crippen molar-refractivity contribution >= 4 is 40.9 Å². The fourth-order valence-corrected chi connectivity index (χ4v) is 3.22. The largest absolute Gasteiger partial charge is 0.480 e. The van der Waals surface area contributed by atoms with Crippen LogP contribution in [0.5, 0.6) is 0 Å². The number of rotatable bonds is 5. The van der Waals surface area contributed by atoms with Crippen molar-refractivity contribution in [1.82, 2.24) is 0 Å². The van der Waals surface area contributed by atoms with Crippen molar-refractivity contribution in [2.45, 2.75) is 16.6 Å². The molecule has 20 heavy (non-hydrogen) atoms. The van der Waals surface area contributed by atoms with Crippen molar-refractivity contribution in [2.75, 3.05) is 0 Å². The van der Waals surface area contributed by atoms with Crippen LogP contribution in [0.15, 0.2) is 53.4 Å². The van der Waals surface area contributed by atoms with Crippen LogP contribution in [0.1, 0.15) is 5.56 Å². The first kappa shape index (κ1) is 15.2. The fraction of sp³-hybridized carbons (Fsp3) is 0.133. The number of aliphatic carboxylic acids is 1. The molecule has 104 valence electrons. The first-order valence-electron chi connectivity index (χ1n) is 5.94. The topological polar surface area (TPSA) is 37.3 Å². The quantitative estimate of drug-likeness (QED) is 0.803. The molecule has 2 nitrogen and oxygen atoms in total. The number of hydrogen-bond donors (Lipinski definition) is 1. The summed E-state index contributed by atoms with van der Waals surface area (Å²) < 4.78 is 0. The van der Waals surface area contributed by atoms with E-state index in [4.69, 9.17) is 23.2 Å². The van der Waals surface area contributed by atoms with Crippen molar-refractivity contribution in [1.29, 1.82) is 0 Å². The predicted octanol–water partition coefficient (Wildman–Crippen LogP) is 4.78. The van der Waals surface area contributed by atoms with Crippen LogP contribution < -0.4 is 0 Å². The average molecular weight is 327 g/mol. The smallest absolute Gasteiger partial charge is 0.317 e. The summed E-state index contributed by atoms with van der Waals surface area (Å²) in [6, 6.07) is 14.6. The number of carbonyl (C=O) groups is 1. The number of carboxylic acid groups (broad SMARTS) is 1. The van der Waals surface area contributed by atoms with Gasteiger partial charge in [0.2, 0.25) is 0 Å². The Morgan fingerprint density at radius 1 is 1.15 bits per heavy atom. The molecular weight excluding hydrogens is 315 g/mol. The van der Waals surface area contributed by atoms with Crippen LogP contribution in [0.4, 0.5) is 0 Å². The molecule has 0 spiro atoms. The predicted molar refractivity (Wildman–Crippen MR) is 83.9 cm³/mol. The molecule has 0 aliphatic carbocycles. The fourth-order valence-electron chi connectivity index (χ4n) is 1.73. The van der Waals surface area contributed by atoms with Gasteiger partial charge < -0.3 is 5.11 Å². The molecule has 0 aliphatic rings. The third-order valence-corrected chi connectivity index (χ3v) is 4.50. The van der Waals surface area contributed by atoms with Crippen molar-refractivity contribution in [3.05, 3.63) is 64.1 Å². The Labute approximate surface area is 131 Å². The van der Waals surface area contributed by atoms with Gasteiger partial charge >= 0.3 is 5.97 Å². The van der Waals surface area contributed by atoms with E-state index in [1.807, 2.05) is 30.3 Å². The third-order valence-electron chi connectivity index (χ3n) is 2.72. The van der Waals surface area contributed by atoms with Gasteiger partial charge in [-0.3, -0.25) is 4.79 Å². The minimum Gasteiger partial charge on any atom is -0.480 e. The van der Waals surface area contributed by atoms with Gasteiger partial charge in [-0.25, -0.2) is 0 Å². The SMILES string of the molecule is O=C(O)[C@H](Cc1ccc(Cl)cc1Cl)Sc1ccccc1. The minimum absolute atomic E-state index is 0.352. The van der Waals surface area contributed by atoms with E-state index >= 15 is 0 Å². The van der Waals surface area contributed by atoms with Crippen molar-refractivity contribution < 1.29 is 9.90 Å². The summed E-state index contributed by atoms with van der Waals surface area (Å²) in [7, 11) is 0. The number of hydrogen-bond acceptors (Lipinski definition) is 2. The Balaban J connectivity index is 2.15. The van der Waals surface area contributed by atoms with Crippen LogP contribution in [0.25, 0.3) is 0 Å². The highest BCUT2D eigenvalue weighted by atomic mass is 35.5. The maximum Gasteiger partial charge on any atom is 0.317 e. The van der Waals surface area contributed by atoms with Gasteiger partial charge in [0.1, 0.15) is 5.25 Å². The normalized spacial score (nSPS) is 12.1. The van der Waals surface area contributed by atoms with E-state index in [2.05, 4.69) is 0 Å². The van der Waals surface area contributed by atoms with Crippen LogP contribution >= 0.6 is 35.0 Å². The van der Waals surface area contributed by atoms with Crippen LogP contribution in [0, 0.1) is 0 Å². The van der Waals surface area contributed by atoms with E-state index in [-0.39, 0.29) is 0 Å². The summed E-state index contributed by atoms with van der Waals surface area (Å²) in [5, 5.41) is 9.80. The zero-order chi connectivity index (χ0) is 14.5. The van der Waals surface area contributed by atoms with E-state index < -0.39 is 11.2 Å². The third kappa shape index (κ3) is 4.17. The molecule has 1 N–H and O–H groups in total. The summed E-state index contributed by atoms with van der Waals surface area (Å²) in [6.07, 6.45) is 0.352. The molecule has 0 saturated carbocycles. The summed E-state index contributed by atoms with van der Waals surface area (Å²) in [4.78, 5) is 12.3. The number of carboxylic acids is 1. The lowest BCUT2D eigenvalue weighted by molar-refractivity contribution is -0.136. The second kappa shape index (κ2) is 7.02. The van der Waals surface area contributed by atoms with Gasteiger partial charge in [0.05, 0.1) is 0 Å². The molecular formula is C15H12Cl2O2S. The highest BCUT2D eigenvalue weighted by molar-refractivity contribution is 8.00. The highest BCUT2D eigenvalue weighted by Gasteiger charge is 2.20. The highest BCUT2D eigenvalue weighted by Crippen LogP contribution is 2.29. The van der Waals surface area contributed by atoms with Crippen molar-refractivity contribution in [3.63, 3.8) is 0 Å². The van der Waals surface area contributed by atoms with E-state index in [9.17, 15) is 9.90 Å². The van der Waals surface area contributed by atoms with E-state index in [0.29, 0.717) is 16.5 Å². The molecule has 0 heterocycles. The van der Waals surface area contributed by atoms with Gasteiger partial charge in [0.15, 0.2) is 0 Å². The lowest BCUT2D eigenvalue weighted by Crippen LogP contribution is -2.19. The lowest BCUT2D eigenvalue weighted by Gasteiger charge is -2.13. The second-order valence-electron chi connectivity index (χ2n) is 4.20. The van der Waals surface area contributed by atoms with E-state index in [1.54, 1.807) is 18.2 Å². The molecule has 1 atom stereocenters. The zero-order valence-corrected chi connectivity index (χ0v) is 12.8. The lowest BCUT2D eigenvalue weighted by atomic mass is 10.1. The molecule has 2 aromatic carbocycles. The molecule has 0 bridgehead atoms. The van der Waals surface area contributed by atoms with Gasteiger partial charge in [-0.15, -0.1) is 11.8 Å². The molecule has 0 unspecified atom stereocenters. The van der Waals surface area contributed by atoms with Crippen molar-refractivity contribution in [2.24, 2.45) is 0 Å². The summed E-state index contributed by atoms with van der Waals surface area (Å²) in [5.41, 5.74) is 0.784. The molecule has 0 saturated heterocycles. The maximum atomic E-state index is 11.4. The first-order chi connectivity index (χ1) is 9.56. The Bertz CT molecular complexity index is 602. The van der Waals surface area contributed by atoms with Gasteiger partial charge in [-0.2, -0.15) is 0 Å². The Morgan fingerprint density at radius 2 is 1.85 bits per heavy atom. The summed E-state index contributed by atoms with van der Waals surface area (Å²) in [5.74, 6) is -0.857. The first-order valence-corrected chi connectivity index (χ1v) is 7.58. The molecule has 0 amide bonds. The van der Waals surface area contributed by atoms with Gasteiger partial charge in [-0.1, -0.05) is 47.5 Å². The van der Waals surface area contributed by atoms with Gasteiger partial charge in [0, 0.05) is 14.9 Å². The maximum absolute atomic E-state index is 11.4. The van der Waals surface area contributed by atoms with Crippen LogP contribution in [0.3, 0.4) is 0 Å². The van der Waals surface area contributed by atoms with E-state index in [1.165, 1.54) is 11.8 Å². The molecule has 0 aliphatic heterocycles. The van der Waals surface area contributed by atoms with Gasteiger partial charge in [0.25, 0.3) is 0 Å². The van der Waals surface area contributed by atoms with Crippen LogP contribution in [-0.2, 0) is 11.2 Å². The Hall–Kier alpha value is -1.16. The second-order valence-corrected chi connectivity index (χ2v) is 6.32. The number of thioether (sulfide) groups is 1. The van der Waals surface area contributed by atoms with Crippen molar-refractivity contribution in [3.8, 4) is 0 Å². The monoisotopic (exact) mass is 326 g/mol. The molecule has 5 heteroatoms. The molecule has 0 radical (unpaired) electrons. The van der Waals surface area contributed by atoms with Gasteiger partial charge in [-0.05, 0) is 36.2 Å². The molecule has 0 aromatic heterocycles.